The highest BCUT2D eigenvalue weighted by atomic mass is 35.5. The largest absolute Gasteiger partial charge is 0.325 e. The van der Waals surface area contributed by atoms with Crippen molar-refractivity contribution in [1.82, 2.24) is 5.32 Å². The fourth-order valence-corrected chi connectivity index (χ4v) is 4.14. The van der Waals surface area contributed by atoms with Crippen LogP contribution < -0.4 is 10.6 Å². The molecule has 0 radical (unpaired) electrons. The third-order valence-electron chi connectivity index (χ3n) is 3.02. The zero-order chi connectivity index (χ0) is 15.9. The number of amides is 1. The quantitative estimate of drug-likeness (QED) is 0.701. The summed E-state index contributed by atoms with van der Waals surface area (Å²) in [6.07, 6.45) is -2.06. The van der Waals surface area contributed by atoms with Crippen molar-refractivity contribution in [2.45, 2.75) is 23.8 Å². The first kappa shape index (κ1) is 20.8. The van der Waals surface area contributed by atoms with Gasteiger partial charge in [-0.1, -0.05) is 17.7 Å². The highest BCUT2D eigenvalue weighted by Crippen LogP contribution is 2.35. The first-order chi connectivity index (χ1) is 10.6. The predicted molar refractivity (Wildman–Crippen MR) is 97.8 cm³/mol. The van der Waals surface area contributed by atoms with E-state index in [2.05, 4.69) is 10.6 Å². The SMILES string of the molecule is Cl.O=C(CC1CSCCN1)Nc1cccc(Cl)c1SCC(F)F. The van der Waals surface area contributed by atoms with E-state index in [0.29, 0.717) is 22.0 Å². The van der Waals surface area contributed by atoms with Gasteiger partial charge in [0, 0.05) is 35.4 Å². The van der Waals surface area contributed by atoms with Crippen LogP contribution >= 0.6 is 47.5 Å². The Kier molecular flexibility index (Phi) is 9.61. The summed E-state index contributed by atoms with van der Waals surface area (Å²) >= 11 is 8.83. The molecule has 0 aromatic heterocycles. The minimum atomic E-state index is -2.42. The maximum atomic E-state index is 12.4. The zero-order valence-corrected chi connectivity index (χ0v) is 15.4. The van der Waals surface area contributed by atoms with Crippen molar-refractivity contribution in [1.29, 1.82) is 0 Å². The van der Waals surface area contributed by atoms with Crippen LogP contribution in [0.1, 0.15) is 6.42 Å². The monoisotopic (exact) mass is 402 g/mol. The number of rotatable bonds is 6. The highest BCUT2D eigenvalue weighted by Gasteiger charge is 2.18. The van der Waals surface area contributed by atoms with Crippen LogP contribution in [0.4, 0.5) is 14.5 Å². The van der Waals surface area contributed by atoms with E-state index in [4.69, 9.17) is 11.6 Å². The molecule has 1 aliphatic heterocycles. The number of hydrogen-bond acceptors (Lipinski definition) is 4. The van der Waals surface area contributed by atoms with Crippen LogP contribution in [-0.4, -0.2) is 42.2 Å². The highest BCUT2D eigenvalue weighted by molar-refractivity contribution is 7.99. The van der Waals surface area contributed by atoms with Crippen molar-refractivity contribution >= 4 is 59.1 Å². The summed E-state index contributed by atoms with van der Waals surface area (Å²) in [5.74, 6) is 1.46. The van der Waals surface area contributed by atoms with Gasteiger partial charge >= 0.3 is 0 Å². The summed E-state index contributed by atoms with van der Waals surface area (Å²) in [7, 11) is 0. The third kappa shape index (κ3) is 7.05. The Hall–Kier alpha value is -0.210. The Balaban J connectivity index is 0.00000264. The molecular formula is C14H18Cl2F2N2OS2. The number of carbonyl (C=O) groups is 1. The molecule has 0 spiro atoms. The standard InChI is InChI=1S/C14H17ClF2N2OS2.ClH/c15-10-2-1-3-11(14(10)22-8-12(16)17)19-13(20)6-9-7-21-5-4-18-9;/h1-3,9,12,18H,4-8H2,(H,19,20);1H. The van der Waals surface area contributed by atoms with Gasteiger partial charge in [-0.15, -0.1) is 24.2 Å². The van der Waals surface area contributed by atoms with Crippen molar-refractivity contribution in [2.75, 3.05) is 29.1 Å². The first-order valence-corrected chi connectivity index (χ1v) is 9.38. The van der Waals surface area contributed by atoms with Crippen LogP contribution in [0, 0.1) is 0 Å². The molecule has 2 N–H and O–H groups in total. The number of halogens is 4. The fourth-order valence-electron chi connectivity index (χ4n) is 2.08. The lowest BCUT2D eigenvalue weighted by Crippen LogP contribution is -2.39. The fraction of sp³-hybridized carbons (Fsp3) is 0.500. The molecule has 2 rings (SSSR count). The minimum absolute atomic E-state index is 0. The molecule has 1 saturated heterocycles. The Bertz CT molecular complexity index is 518. The molecular weight excluding hydrogens is 385 g/mol. The molecule has 1 heterocycles. The lowest BCUT2D eigenvalue weighted by atomic mass is 10.2. The second-order valence-corrected chi connectivity index (χ2v) is 7.38. The summed E-state index contributed by atoms with van der Waals surface area (Å²) in [5.41, 5.74) is 0.492. The number of benzene rings is 1. The summed E-state index contributed by atoms with van der Waals surface area (Å²) < 4.78 is 24.8. The summed E-state index contributed by atoms with van der Waals surface area (Å²) in [5, 5.41) is 6.44. The predicted octanol–water partition coefficient (Wildman–Crippen LogP) is 4.15. The summed E-state index contributed by atoms with van der Waals surface area (Å²) in [4.78, 5) is 12.6. The van der Waals surface area contributed by atoms with Crippen molar-refractivity contribution in [3.05, 3.63) is 23.2 Å². The Morgan fingerprint density at radius 2 is 2.30 bits per heavy atom. The van der Waals surface area contributed by atoms with E-state index >= 15 is 0 Å². The van der Waals surface area contributed by atoms with E-state index in [-0.39, 0.29) is 30.1 Å². The molecule has 0 saturated carbocycles. The van der Waals surface area contributed by atoms with Crippen molar-refractivity contribution in [3.8, 4) is 0 Å². The Labute approximate surface area is 154 Å². The van der Waals surface area contributed by atoms with Gasteiger partial charge in [-0.25, -0.2) is 8.78 Å². The first-order valence-electron chi connectivity index (χ1n) is 6.86. The Morgan fingerprint density at radius 3 is 2.96 bits per heavy atom. The molecule has 9 heteroatoms. The van der Waals surface area contributed by atoms with Gasteiger partial charge in [-0.05, 0) is 12.1 Å². The molecule has 130 valence electrons. The smallest absolute Gasteiger partial charge is 0.247 e. The van der Waals surface area contributed by atoms with Crippen LogP contribution in [-0.2, 0) is 4.79 Å². The van der Waals surface area contributed by atoms with E-state index in [0.717, 1.165) is 29.8 Å². The molecule has 23 heavy (non-hydrogen) atoms. The minimum Gasteiger partial charge on any atom is -0.325 e. The number of thioether (sulfide) groups is 2. The Morgan fingerprint density at radius 1 is 1.52 bits per heavy atom. The van der Waals surface area contributed by atoms with E-state index in [1.54, 1.807) is 18.2 Å². The van der Waals surface area contributed by atoms with Crippen LogP contribution in [0.3, 0.4) is 0 Å². The number of alkyl halides is 2. The van der Waals surface area contributed by atoms with Gasteiger partial charge in [-0.2, -0.15) is 11.8 Å². The molecule has 1 unspecified atom stereocenters. The average molecular weight is 403 g/mol. The van der Waals surface area contributed by atoms with Crippen LogP contribution in [0.15, 0.2) is 23.1 Å². The summed E-state index contributed by atoms with van der Waals surface area (Å²) in [6.45, 7) is 0.898. The van der Waals surface area contributed by atoms with E-state index in [9.17, 15) is 13.6 Å². The van der Waals surface area contributed by atoms with Crippen LogP contribution in [0.25, 0.3) is 0 Å². The third-order valence-corrected chi connectivity index (χ3v) is 5.73. The molecule has 1 aromatic carbocycles. The second-order valence-electron chi connectivity index (χ2n) is 4.80. The second kappa shape index (κ2) is 10.6. The van der Waals surface area contributed by atoms with Crippen molar-refractivity contribution < 1.29 is 13.6 Å². The van der Waals surface area contributed by atoms with Crippen molar-refractivity contribution in [2.24, 2.45) is 0 Å². The molecule has 0 aliphatic carbocycles. The normalized spacial score (nSPS) is 17.7. The zero-order valence-electron chi connectivity index (χ0n) is 12.2. The van der Waals surface area contributed by atoms with E-state index in [1.807, 2.05) is 11.8 Å². The van der Waals surface area contributed by atoms with Gasteiger partial charge < -0.3 is 10.6 Å². The molecule has 1 amide bonds. The van der Waals surface area contributed by atoms with Gasteiger partial charge in [0.1, 0.15) is 0 Å². The number of hydrogen-bond donors (Lipinski definition) is 2. The average Bonchev–Trinajstić information content (AvgIpc) is 2.47. The molecule has 3 nitrogen and oxygen atoms in total. The summed E-state index contributed by atoms with van der Waals surface area (Å²) in [6, 6.07) is 5.15. The molecule has 1 aromatic rings. The van der Waals surface area contributed by atoms with Crippen molar-refractivity contribution in [3.63, 3.8) is 0 Å². The molecule has 1 atom stereocenters. The van der Waals surface area contributed by atoms with Gasteiger partial charge in [0.2, 0.25) is 12.3 Å². The van der Waals surface area contributed by atoms with E-state index in [1.165, 1.54) is 0 Å². The number of carbonyl (C=O) groups excluding carboxylic acids is 1. The number of anilines is 1. The lowest BCUT2D eigenvalue weighted by molar-refractivity contribution is -0.116. The van der Waals surface area contributed by atoms with Crippen LogP contribution in [0.2, 0.25) is 5.02 Å². The topological polar surface area (TPSA) is 41.1 Å². The van der Waals surface area contributed by atoms with Gasteiger partial charge in [-0.3, -0.25) is 4.79 Å². The lowest BCUT2D eigenvalue weighted by Gasteiger charge is -2.22. The van der Waals surface area contributed by atoms with Gasteiger partial charge in [0.15, 0.2) is 0 Å². The van der Waals surface area contributed by atoms with Gasteiger partial charge in [0.25, 0.3) is 0 Å². The maximum absolute atomic E-state index is 12.4. The molecule has 1 aliphatic rings. The van der Waals surface area contributed by atoms with E-state index < -0.39 is 6.43 Å². The van der Waals surface area contributed by atoms with Gasteiger partial charge in [0.05, 0.1) is 16.5 Å². The molecule has 0 bridgehead atoms. The maximum Gasteiger partial charge on any atom is 0.247 e. The molecule has 1 fully saturated rings. The van der Waals surface area contributed by atoms with Crippen LogP contribution in [0.5, 0.6) is 0 Å². The number of nitrogens with one attached hydrogen (secondary N) is 2.